The van der Waals surface area contributed by atoms with Crippen LogP contribution in [0.2, 0.25) is 0 Å². The van der Waals surface area contributed by atoms with Crippen LogP contribution in [-0.4, -0.2) is 4.83 Å². The maximum atomic E-state index is 13.5. The van der Waals surface area contributed by atoms with Gasteiger partial charge in [0.1, 0.15) is 5.82 Å². The van der Waals surface area contributed by atoms with Crippen molar-refractivity contribution in [2.75, 3.05) is 0 Å². The lowest BCUT2D eigenvalue weighted by Crippen LogP contribution is -2.09. The molecule has 0 nitrogen and oxygen atoms in total. The van der Waals surface area contributed by atoms with Crippen LogP contribution in [0, 0.1) is 5.82 Å². The van der Waals surface area contributed by atoms with Crippen molar-refractivity contribution in [3.63, 3.8) is 0 Å². The monoisotopic (exact) mass is 322 g/mol. The van der Waals surface area contributed by atoms with Crippen LogP contribution in [0.1, 0.15) is 31.7 Å². The molecule has 0 aliphatic carbocycles. The lowest BCUT2D eigenvalue weighted by Gasteiger charge is -2.17. The molecule has 0 bridgehead atoms. The molecular formula is C11H13Br2F. The fourth-order valence-electron chi connectivity index (χ4n) is 1.41. The van der Waals surface area contributed by atoms with E-state index in [4.69, 9.17) is 0 Å². The van der Waals surface area contributed by atoms with E-state index in [9.17, 15) is 4.39 Å². The molecule has 2 atom stereocenters. The van der Waals surface area contributed by atoms with Gasteiger partial charge in [0.25, 0.3) is 0 Å². The third-order valence-corrected chi connectivity index (χ3v) is 4.31. The number of halogens is 3. The molecule has 0 amide bonds. The Bertz CT molecular complexity index is 312. The Morgan fingerprint density at radius 1 is 1.43 bits per heavy atom. The lowest BCUT2D eigenvalue weighted by atomic mass is 9.96. The van der Waals surface area contributed by atoms with Crippen LogP contribution in [0.25, 0.3) is 0 Å². The predicted octanol–water partition coefficient (Wildman–Crippen LogP) is 4.87. The second-order valence-corrected chi connectivity index (χ2v) is 5.47. The zero-order valence-corrected chi connectivity index (χ0v) is 11.4. The summed E-state index contributed by atoms with van der Waals surface area (Å²) in [7, 11) is 0. The molecule has 0 radical (unpaired) electrons. The maximum absolute atomic E-state index is 13.5. The van der Waals surface area contributed by atoms with Gasteiger partial charge in [-0.15, -0.1) is 0 Å². The van der Waals surface area contributed by atoms with Crippen LogP contribution in [0.15, 0.2) is 22.7 Å². The largest absolute Gasteiger partial charge is 0.207 e. The number of rotatable bonds is 3. The molecule has 0 N–H and O–H groups in total. The summed E-state index contributed by atoms with van der Waals surface area (Å²) in [6, 6.07) is 5.08. The summed E-state index contributed by atoms with van der Waals surface area (Å²) in [4.78, 5) is 0.325. The van der Waals surface area contributed by atoms with E-state index in [1.165, 1.54) is 6.07 Å². The van der Waals surface area contributed by atoms with Gasteiger partial charge in [0.15, 0.2) is 0 Å². The molecular weight excluding hydrogens is 311 g/mol. The predicted molar refractivity (Wildman–Crippen MR) is 65.5 cm³/mol. The summed E-state index contributed by atoms with van der Waals surface area (Å²) in [5.41, 5.74) is 0.767. The molecule has 0 aliphatic rings. The van der Waals surface area contributed by atoms with E-state index in [1.54, 1.807) is 6.07 Å². The third kappa shape index (κ3) is 2.80. The molecule has 0 saturated heterocycles. The number of hydrogen-bond acceptors (Lipinski definition) is 0. The molecule has 1 aromatic rings. The van der Waals surface area contributed by atoms with Crippen molar-refractivity contribution in [2.45, 2.75) is 31.0 Å². The van der Waals surface area contributed by atoms with E-state index < -0.39 is 0 Å². The lowest BCUT2D eigenvalue weighted by molar-refractivity contribution is 0.578. The van der Waals surface area contributed by atoms with Crippen LogP contribution in [0.5, 0.6) is 0 Å². The second kappa shape index (κ2) is 5.26. The topological polar surface area (TPSA) is 0 Å². The van der Waals surface area contributed by atoms with Crippen molar-refractivity contribution in [1.82, 2.24) is 0 Å². The summed E-state index contributed by atoms with van der Waals surface area (Å²) < 4.78 is 14.4. The van der Waals surface area contributed by atoms with Gasteiger partial charge in [-0.2, -0.15) is 0 Å². The quantitative estimate of drug-likeness (QED) is 0.696. The summed E-state index contributed by atoms with van der Waals surface area (Å²) in [5.74, 6) is 0.0658. The Morgan fingerprint density at radius 2 is 2.07 bits per heavy atom. The zero-order chi connectivity index (χ0) is 10.7. The fourth-order valence-corrected chi connectivity index (χ4v) is 2.08. The Hall–Kier alpha value is 0.110. The summed E-state index contributed by atoms with van der Waals surface area (Å²) >= 11 is 6.91. The van der Waals surface area contributed by atoms with Crippen LogP contribution in [0.4, 0.5) is 4.39 Å². The van der Waals surface area contributed by atoms with Gasteiger partial charge < -0.3 is 0 Å². The van der Waals surface area contributed by atoms with Crippen molar-refractivity contribution in [1.29, 1.82) is 0 Å². The molecule has 1 rings (SSSR count). The van der Waals surface area contributed by atoms with Gasteiger partial charge in [-0.1, -0.05) is 45.7 Å². The maximum Gasteiger partial charge on any atom is 0.126 e. The zero-order valence-electron chi connectivity index (χ0n) is 8.23. The molecule has 14 heavy (non-hydrogen) atoms. The highest BCUT2D eigenvalue weighted by molar-refractivity contribution is 9.10. The molecule has 2 unspecified atom stereocenters. The molecule has 78 valence electrons. The Balaban J connectivity index is 2.99. The average Bonchev–Trinajstić information content (AvgIpc) is 2.19. The van der Waals surface area contributed by atoms with Crippen molar-refractivity contribution >= 4 is 31.9 Å². The first-order valence-corrected chi connectivity index (χ1v) is 6.36. The van der Waals surface area contributed by atoms with Crippen molar-refractivity contribution < 1.29 is 4.39 Å². The smallest absolute Gasteiger partial charge is 0.126 e. The summed E-state index contributed by atoms with van der Waals surface area (Å²) in [5, 5.41) is 0. The van der Waals surface area contributed by atoms with Crippen LogP contribution < -0.4 is 0 Å². The standard InChI is InChI=1S/C11H13Br2F/c1-3-10(13)7(2)9-6-8(12)4-5-11(9)14/h4-7,10H,3H2,1-2H3. The van der Waals surface area contributed by atoms with Gasteiger partial charge in [0, 0.05) is 9.30 Å². The van der Waals surface area contributed by atoms with E-state index in [0.29, 0.717) is 4.83 Å². The van der Waals surface area contributed by atoms with Crippen molar-refractivity contribution in [3.05, 3.63) is 34.1 Å². The SMILES string of the molecule is CCC(Br)C(C)c1cc(Br)ccc1F. The molecule has 0 fully saturated rings. The normalized spacial score (nSPS) is 15.2. The first-order valence-electron chi connectivity index (χ1n) is 4.65. The summed E-state index contributed by atoms with van der Waals surface area (Å²) in [6.45, 7) is 4.12. The van der Waals surface area contributed by atoms with Gasteiger partial charge in [0.2, 0.25) is 0 Å². The highest BCUT2D eigenvalue weighted by atomic mass is 79.9. The van der Waals surface area contributed by atoms with Crippen LogP contribution >= 0.6 is 31.9 Å². The fraction of sp³-hybridized carbons (Fsp3) is 0.455. The minimum Gasteiger partial charge on any atom is -0.207 e. The van der Waals surface area contributed by atoms with E-state index in [1.807, 2.05) is 13.0 Å². The van der Waals surface area contributed by atoms with Crippen molar-refractivity contribution in [3.8, 4) is 0 Å². The minimum absolute atomic E-state index is 0.126. The van der Waals surface area contributed by atoms with Gasteiger partial charge in [-0.3, -0.25) is 0 Å². The number of benzene rings is 1. The summed E-state index contributed by atoms with van der Waals surface area (Å²) in [6.07, 6.45) is 0.993. The Labute approximate surface area is 101 Å². The molecule has 0 spiro atoms. The van der Waals surface area contributed by atoms with Gasteiger partial charge in [-0.25, -0.2) is 4.39 Å². The van der Waals surface area contributed by atoms with E-state index in [-0.39, 0.29) is 11.7 Å². The molecule has 0 aliphatic heterocycles. The third-order valence-electron chi connectivity index (χ3n) is 2.38. The van der Waals surface area contributed by atoms with Gasteiger partial charge in [0.05, 0.1) is 0 Å². The minimum atomic E-state index is -0.126. The molecule has 3 heteroatoms. The Kier molecular flexibility index (Phi) is 4.58. The van der Waals surface area contributed by atoms with Crippen LogP contribution in [-0.2, 0) is 0 Å². The Morgan fingerprint density at radius 3 is 2.64 bits per heavy atom. The number of hydrogen-bond donors (Lipinski definition) is 0. The van der Waals surface area contributed by atoms with Crippen molar-refractivity contribution in [2.24, 2.45) is 0 Å². The molecule has 0 heterocycles. The molecule has 0 aromatic heterocycles. The van der Waals surface area contributed by atoms with Gasteiger partial charge >= 0.3 is 0 Å². The second-order valence-electron chi connectivity index (χ2n) is 3.38. The molecule has 1 aromatic carbocycles. The average molecular weight is 324 g/mol. The first kappa shape index (κ1) is 12.2. The van der Waals surface area contributed by atoms with E-state index >= 15 is 0 Å². The highest BCUT2D eigenvalue weighted by Gasteiger charge is 2.17. The van der Waals surface area contributed by atoms with E-state index in [2.05, 4.69) is 38.8 Å². The number of alkyl halides is 1. The van der Waals surface area contributed by atoms with Gasteiger partial charge in [-0.05, 0) is 36.1 Å². The first-order chi connectivity index (χ1) is 6.56. The highest BCUT2D eigenvalue weighted by Crippen LogP contribution is 2.30. The molecule has 0 saturated carbocycles. The van der Waals surface area contributed by atoms with Crippen LogP contribution in [0.3, 0.4) is 0 Å². The van der Waals surface area contributed by atoms with E-state index in [0.717, 1.165) is 16.5 Å².